The third kappa shape index (κ3) is 62.3. The van der Waals surface area contributed by atoms with Gasteiger partial charge in [-0.15, -0.1) is 0 Å². The van der Waals surface area contributed by atoms with E-state index in [0.717, 1.165) is 83.5 Å². The van der Waals surface area contributed by atoms with E-state index < -0.39 is 26.5 Å². The summed E-state index contributed by atoms with van der Waals surface area (Å²) in [5.41, 5.74) is 0. The molecule has 2 atom stereocenters. The molecule has 0 heterocycles. The molecule has 0 aromatic heterocycles. The van der Waals surface area contributed by atoms with Gasteiger partial charge in [-0.25, -0.2) is 0 Å². The maximum Gasteiger partial charge on any atom is 0.306 e. The van der Waals surface area contributed by atoms with Gasteiger partial charge < -0.3 is 27.9 Å². The molecule has 0 amide bonds. The van der Waals surface area contributed by atoms with Crippen LogP contribution in [0.4, 0.5) is 0 Å². The second-order valence-electron chi connectivity index (χ2n) is 22.4. The minimum atomic E-state index is -4.64. The summed E-state index contributed by atoms with van der Waals surface area (Å²) in [4.78, 5) is 37.9. The number of nitrogens with zero attached hydrogens (tertiary/aromatic N) is 1. The normalized spacial score (nSPS) is 13.8. The van der Waals surface area contributed by atoms with Gasteiger partial charge in [0.15, 0.2) is 6.10 Å². The van der Waals surface area contributed by atoms with E-state index in [0.29, 0.717) is 17.4 Å². The lowest BCUT2D eigenvalue weighted by molar-refractivity contribution is -0.870. The number of hydrogen-bond donors (Lipinski definition) is 0. The fraction of sp³-hybridized carbons (Fsp3) is 0.761. The van der Waals surface area contributed by atoms with Crippen LogP contribution in [0.2, 0.25) is 0 Å². The lowest BCUT2D eigenvalue weighted by Gasteiger charge is -2.28. The SMILES string of the molecule is CC/C=C\C/C=C\C/C=C\C/C=C\C/C=C\C/C=C\C/C=C\CCCCCCCCCCCCCCCCCC(=O)OC(COC(=O)CCCCCCCCCCCCCCCCCC)COP(=O)([O-])OCC[N+](C)(C)C. The average molecular weight is 1100 g/mol. The number of esters is 2. The van der Waals surface area contributed by atoms with Crippen molar-refractivity contribution in [3.63, 3.8) is 0 Å². The van der Waals surface area contributed by atoms with Crippen molar-refractivity contribution in [2.45, 2.75) is 283 Å². The molecule has 0 saturated heterocycles. The number of carbonyl (C=O) groups is 2. The fourth-order valence-corrected chi connectivity index (χ4v) is 9.54. The van der Waals surface area contributed by atoms with Crippen LogP contribution in [0.1, 0.15) is 277 Å². The molecule has 0 fully saturated rings. The third-order valence-corrected chi connectivity index (χ3v) is 14.6. The predicted molar refractivity (Wildman–Crippen MR) is 328 cm³/mol. The molecular formula is C67H120NO8P. The van der Waals surface area contributed by atoms with E-state index in [1.807, 2.05) is 21.1 Å². The van der Waals surface area contributed by atoms with E-state index >= 15 is 0 Å². The number of likely N-dealkylation sites (N-methyl/N-ethyl adjacent to an activating group) is 1. The van der Waals surface area contributed by atoms with Crippen LogP contribution in [-0.4, -0.2) is 70.0 Å². The fourth-order valence-electron chi connectivity index (χ4n) is 8.81. The molecule has 77 heavy (non-hydrogen) atoms. The number of phosphoric ester groups is 1. The molecule has 0 aliphatic heterocycles. The second-order valence-corrected chi connectivity index (χ2v) is 23.8. The molecule has 0 aliphatic rings. The van der Waals surface area contributed by atoms with E-state index in [9.17, 15) is 19.0 Å². The first-order chi connectivity index (χ1) is 37.5. The van der Waals surface area contributed by atoms with Crippen LogP contribution < -0.4 is 4.89 Å². The highest BCUT2D eigenvalue weighted by Gasteiger charge is 2.22. The monoisotopic (exact) mass is 1100 g/mol. The van der Waals surface area contributed by atoms with Gasteiger partial charge >= 0.3 is 11.9 Å². The molecular weight excluding hydrogens is 978 g/mol. The van der Waals surface area contributed by atoms with Gasteiger partial charge in [0, 0.05) is 12.8 Å². The van der Waals surface area contributed by atoms with Crippen LogP contribution in [0.5, 0.6) is 0 Å². The Hall–Kier alpha value is -2.81. The molecule has 446 valence electrons. The van der Waals surface area contributed by atoms with Crippen LogP contribution in [0.15, 0.2) is 85.1 Å². The van der Waals surface area contributed by atoms with Gasteiger partial charge in [-0.05, 0) is 70.6 Å². The van der Waals surface area contributed by atoms with Crippen molar-refractivity contribution in [1.82, 2.24) is 0 Å². The van der Waals surface area contributed by atoms with Gasteiger partial charge in [0.1, 0.15) is 19.8 Å². The number of hydrogen-bond acceptors (Lipinski definition) is 8. The second kappa shape index (κ2) is 57.9. The summed E-state index contributed by atoms with van der Waals surface area (Å²) in [6.45, 7) is 4.15. The lowest BCUT2D eigenvalue weighted by Crippen LogP contribution is -2.37. The Morgan fingerprint density at radius 3 is 1.10 bits per heavy atom. The smallest absolute Gasteiger partial charge is 0.306 e. The van der Waals surface area contributed by atoms with Crippen molar-refractivity contribution in [2.24, 2.45) is 0 Å². The van der Waals surface area contributed by atoms with Crippen molar-refractivity contribution >= 4 is 19.8 Å². The first-order valence-corrected chi connectivity index (χ1v) is 33.3. The zero-order chi connectivity index (χ0) is 56.3. The van der Waals surface area contributed by atoms with E-state index in [-0.39, 0.29) is 32.0 Å². The Labute approximate surface area is 475 Å². The minimum absolute atomic E-state index is 0.0311. The summed E-state index contributed by atoms with van der Waals surface area (Å²) < 4.78 is 34.2. The summed E-state index contributed by atoms with van der Waals surface area (Å²) in [6.07, 6.45) is 77.9. The van der Waals surface area contributed by atoms with Crippen LogP contribution in [0, 0.1) is 0 Å². The van der Waals surface area contributed by atoms with Gasteiger partial charge in [0.05, 0.1) is 27.7 Å². The van der Waals surface area contributed by atoms with Crippen LogP contribution in [-0.2, 0) is 32.7 Å². The Morgan fingerprint density at radius 2 is 0.740 bits per heavy atom. The average Bonchev–Trinajstić information content (AvgIpc) is 3.39. The highest BCUT2D eigenvalue weighted by molar-refractivity contribution is 7.45. The number of unbranched alkanes of at least 4 members (excludes halogenated alkanes) is 30. The summed E-state index contributed by atoms with van der Waals surface area (Å²) >= 11 is 0. The summed E-state index contributed by atoms with van der Waals surface area (Å²) in [6, 6.07) is 0. The summed E-state index contributed by atoms with van der Waals surface area (Å²) in [5, 5.41) is 0. The lowest BCUT2D eigenvalue weighted by atomic mass is 10.0. The largest absolute Gasteiger partial charge is 0.756 e. The minimum Gasteiger partial charge on any atom is -0.756 e. The molecule has 0 saturated carbocycles. The van der Waals surface area contributed by atoms with Crippen molar-refractivity contribution in [3.8, 4) is 0 Å². The number of quaternary nitrogens is 1. The van der Waals surface area contributed by atoms with Gasteiger partial charge in [-0.2, -0.15) is 0 Å². The molecule has 10 heteroatoms. The highest BCUT2D eigenvalue weighted by atomic mass is 31.2. The molecule has 0 bridgehead atoms. The predicted octanol–water partition coefficient (Wildman–Crippen LogP) is 19.6. The first kappa shape index (κ1) is 74.2. The zero-order valence-corrected chi connectivity index (χ0v) is 51.5. The number of allylic oxidation sites excluding steroid dienone is 14. The van der Waals surface area contributed by atoms with Gasteiger partial charge in [0.25, 0.3) is 7.82 Å². The molecule has 0 spiro atoms. The van der Waals surface area contributed by atoms with Crippen molar-refractivity contribution < 1.29 is 42.1 Å². The van der Waals surface area contributed by atoms with E-state index in [4.69, 9.17) is 18.5 Å². The molecule has 0 aliphatic carbocycles. The molecule has 9 nitrogen and oxygen atoms in total. The molecule has 0 aromatic carbocycles. The van der Waals surface area contributed by atoms with Crippen molar-refractivity contribution in [2.75, 3.05) is 47.5 Å². The van der Waals surface area contributed by atoms with E-state index in [2.05, 4.69) is 98.9 Å². The first-order valence-electron chi connectivity index (χ1n) is 31.8. The highest BCUT2D eigenvalue weighted by Crippen LogP contribution is 2.38. The maximum absolute atomic E-state index is 12.8. The number of ether oxygens (including phenoxy) is 2. The van der Waals surface area contributed by atoms with Gasteiger partial charge in [-0.3, -0.25) is 14.2 Å². The Kier molecular flexibility index (Phi) is 55.8. The number of carbonyl (C=O) groups excluding carboxylic acids is 2. The maximum atomic E-state index is 12.8. The van der Waals surface area contributed by atoms with Crippen molar-refractivity contribution in [1.29, 1.82) is 0 Å². The number of phosphoric acid groups is 1. The molecule has 0 radical (unpaired) electrons. The Bertz CT molecular complexity index is 1580. The molecule has 0 rings (SSSR count). The van der Waals surface area contributed by atoms with Gasteiger partial charge in [-0.1, -0.05) is 279 Å². The number of rotatable bonds is 58. The van der Waals surface area contributed by atoms with Crippen molar-refractivity contribution in [3.05, 3.63) is 85.1 Å². The van der Waals surface area contributed by atoms with Gasteiger partial charge in [0.2, 0.25) is 0 Å². The Balaban J connectivity index is 4.02. The topological polar surface area (TPSA) is 111 Å². The Morgan fingerprint density at radius 1 is 0.416 bits per heavy atom. The van der Waals surface area contributed by atoms with Crippen LogP contribution in [0.25, 0.3) is 0 Å². The summed E-state index contributed by atoms with van der Waals surface area (Å²) in [5.74, 6) is -0.824. The standard InChI is InChI=1S/C67H120NO8P/c1-6-8-10-12-14-16-18-20-22-24-25-26-27-28-29-30-31-32-33-34-35-36-37-38-39-40-41-42-43-44-46-48-50-52-54-56-58-60-67(70)76-65(64-75-77(71,72)74-62-61-68(3,4)5)63-73-66(69)59-57-55-53-51-49-47-45-23-21-19-17-15-13-11-9-7-2/h8,10,14,16,20,22,25-26,28-29,31-32,34-35,65H,6-7,9,11-13,15,17-19,21,23-24,27,30,33,36-64H2,1-5H3/b10-8-,16-14-,22-20-,26-25-,29-28-,32-31-,35-34-. The third-order valence-electron chi connectivity index (χ3n) is 13.7. The molecule has 0 aromatic rings. The van der Waals surface area contributed by atoms with Crippen LogP contribution >= 0.6 is 7.82 Å². The molecule has 0 N–H and O–H groups in total. The van der Waals surface area contributed by atoms with E-state index in [1.54, 1.807) is 0 Å². The van der Waals surface area contributed by atoms with E-state index in [1.165, 1.54) is 161 Å². The zero-order valence-electron chi connectivity index (χ0n) is 50.6. The summed E-state index contributed by atoms with van der Waals surface area (Å²) in [7, 11) is 1.17. The van der Waals surface area contributed by atoms with Crippen LogP contribution in [0.3, 0.4) is 0 Å². The quantitative estimate of drug-likeness (QED) is 0.0195. The molecule has 2 unspecified atom stereocenters.